The van der Waals surface area contributed by atoms with Gasteiger partial charge >= 0.3 is 0 Å². The van der Waals surface area contributed by atoms with Crippen LogP contribution in [0.15, 0.2) is 22.7 Å². The Labute approximate surface area is 125 Å². The van der Waals surface area contributed by atoms with Crippen molar-refractivity contribution in [1.82, 2.24) is 4.90 Å². The van der Waals surface area contributed by atoms with Gasteiger partial charge in [-0.2, -0.15) is 0 Å². The molecule has 0 saturated carbocycles. The van der Waals surface area contributed by atoms with Crippen LogP contribution in [0.25, 0.3) is 0 Å². The predicted octanol–water partition coefficient (Wildman–Crippen LogP) is 2.91. The smallest absolute Gasteiger partial charge is 0.228 e. The van der Waals surface area contributed by atoms with Crippen LogP contribution in [0.4, 0.5) is 5.69 Å². The van der Waals surface area contributed by atoms with Crippen molar-refractivity contribution in [2.24, 2.45) is 5.92 Å². The van der Waals surface area contributed by atoms with Gasteiger partial charge in [-0.05, 0) is 40.5 Å². The number of hydrogen-bond donors (Lipinski definition) is 1. The van der Waals surface area contributed by atoms with Gasteiger partial charge < -0.3 is 10.2 Å². The number of carbonyl (C=O) groups excluding carboxylic acids is 2. The molecule has 0 spiro atoms. The van der Waals surface area contributed by atoms with E-state index >= 15 is 0 Å². The van der Waals surface area contributed by atoms with E-state index in [4.69, 9.17) is 11.6 Å². The summed E-state index contributed by atoms with van der Waals surface area (Å²) in [6.45, 7) is 0.626. The van der Waals surface area contributed by atoms with E-state index in [0.29, 0.717) is 23.7 Å². The molecule has 1 atom stereocenters. The molecule has 1 N–H and O–H groups in total. The number of amides is 2. The highest BCUT2D eigenvalue weighted by atomic mass is 79.9. The lowest BCUT2D eigenvalue weighted by atomic mass is 9.95. The molecule has 6 heteroatoms. The second kappa shape index (κ2) is 5.92. The molecule has 1 aromatic carbocycles. The van der Waals surface area contributed by atoms with Crippen LogP contribution in [0, 0.1) is 5.92 Å². The molecule has 0 aliphatic carbocycles. The Morgan fingerprint density at radius 2 is 2.26 bits per heavy atom. The summed E-state index contributed by atoms with van der Waals surface area (Å²) in [6, 6.07) is 5.19. The third-order valence-electron chi connectivity index (χ3n) is 3.22. The fourth-order valence-corrected chi connectivity index (χ4v) is 2.48. The molecule has 1 heterocycles. The van der Waals surface area contributed by atoms with Crippen molar-refractivity contribution in [2.45, 2.75) is 12.8 Å². The van der Waals surface area contributed by atoms with Crippen molar-refractivity contribution in [1.29, 1.82) is 0 Å². The Hall–Kier alpha value is -1.07. The van der Waals surface area contributed by atoms with Crippen molar-refractivity contribution in [3.63, 3.8) is 0 Å². The zero-order chi connectivity index (χ0) is 14.0. The van der Waals surface area contributed by atoms with Crippen molar-refractivity contribution in [2.75, 3.05) is 18.9 Å². The lowest BCUT2D eigenvalue weighted by Gasteiger charge is -2.27. The molecule has 0 aromatic heterocycles. The van der Waals surface area contributed by atoms with E-state index in [1.54, 1.807) is 30.1 Å². The molecule has 1 fully saturated rings. The normalized spacial score (nSPS) is 19.4. The first kappa shape index (κ1) is 14.3. The van der Waals surface area contributed by atoms with Gasteiger partial charge in [-0.15, -0.1) is 0 Å². The molecule has 102 valence electrons. The summed E-state index contributed by atoms with van der Waals surface area (Å²) in [6.07, 6.45) is 0.972. The van der Waals surface area contributed by atoms with Crippen LogP contribution < -0.4 is 5.32 Å². The van der Waals surface area contributed by atoms with Gasteiger partial charge in [-0.1, -0.05) is 11.6 Å². The number of likely N-dealkylation sites (tertiary alicyclic amines) is 1. The Balaban J connectivity index is 2.01. The van der Waals surface area contributed by atoms with Gasteiger partial charge in [0.05, 0.1) is 5.02 Å². The first-order valence-corrected chi connectivity index (χ1v) is 7.14. The van der Waals surface area contributed by atoms with E-state index < -0.39 is 0 Å². The molecule has 1 aliphatic heterocycles. The average Bonchev–Trinajstić information content (AvgIpc) is 2.37. The maximum atomic E-state index is 12.1. The summed E-state index contributed by atoms with van der Waals surface area (Å²) in [4.78, 5) is 25.3. The number of benzene rings is 1. The number of nitrogens with one attached hydrogen (secondary N) is 1. The fraction of sp³-hybridized carbons (Fsp3) is 0.385. The minimum absolute atomic E-state index is 0.0173. The molecule has 1 aliphatic rings. The largest absolute Gasteiger partial charge is 0.346 e. The second-order valence-electron chi connectivity index (χ2n) is 4.62. The fourth-order valence-electron chi connectivity index (χ4n) is 1.98. The topological polar surface area (TPSA) is 49.4 Å². The van der Waals surface area contributed by atoms with Crippen LogP contribution in [-0.4, -0.2) is 30.3 Å². The summed E-state index contributed by atoms with van der Waals surface area (Å²) in [5.74, 6) is -0.350. The number of rotatable bonds is 2. The quantitative estimate of drug-likeness (QED) is 0.896. The monoisotopic (exact) mass is 344 g/mol. The summed E-state index contributed by atoms with van der Waals surface area (Å²) >= 11 is 9.20. The Morgan fingerprint density at radius 1 is 1.53 bits per heavy atom. The lowest BCUT2D eigenvalue weighted by molar-refractivity contribution is -0.137. The first-order chi connectivity index (χ1) is 8.97. The zero-order valence-corrected chi connectivity index (χ0v) is 12.8. The summed E-state index contributed by atoms with van der Waals surface area (Å²) in [5, 5.41) is 3.41. The summed E-state index contributed by atoms with van der Waals surface area (Å²) < 4.78 is 0.728. The highest BCUT2D eigenvalue weighted by Crippen LogP contribution is 2.26. The number of nitrogens with zero attached hydrogens (tertiary/aromatic N) is 1. The number of halogens is 2. The van der Waals surface area contributed by atoms with Gasteiger partial charge in [0.2, 0.25) is 11.8 Å². The van der Waals surface area contributed by atoms with Crippen LogP contribution in [0.2, 0.25) is 5.02 Å². The molecule has 1 saturated heterocycles. The number of piperidine rings is 1. The molecule has 2 amide bonds. The van der Waals surface area contributed by atoms with E-state index in [-0.39, 0.29) is 24.2 Å². The van der Waals surface area contributed by atoms with E-state index in [1.807, 2.05) is 0 Å². The van der Waals surface area contributed by atoms with Crippen LogP contribution in [0.3, 0.4) is 0 Å². The number of anilines is 1. The van der Waals surface area contributed by atoms with E-state index in [0.717, 1.165) is 4.47 Å². The second-order valence-corrected chi connectivity index (χ2v) is 5.88. The maximum Gasteiger partial charge on any atom is 0.228 e. The molecule has 2 rings (SSSR count). The van der Waals surface area contributed by atoms with Gasteiger partial charge in [0.15, 0.2) is 0 Å². The lowest BCUT2D eigenvalue weighted by Crippen LogP contribution is -2.39. The van der Waals surface area contributed by atoms with Crippen molar-refractivity contribution in [3.8, 4) is 0 Å². The van der Waals surface area contributed by atoms with Crippen molar-refractivity contribution < 1.29 is 9.59 Å². The number of hydrogen-bond acceptors (Lipinski definition) is 2. The zero-order valence-electron chi connectivity index (χ0n) is 10.5. The third-order valence-corrected chi connectivity index (χ3v) is 4.43. The van der Waals surface area contributed by atoms with Crippen LogP contribution in [0.5, 0.6) is 0 Å². The molecule has 19 heavy (non-hydrogen) atoms. The minimum atomic E-state index is -0.252. The highest BCUT2D eigenvalue weighted by Gasteiger charge is 2.28. The SMILES string of the molecule is CN1CC[C@H](C(=O)Nc2ccc(Cl)c(Br)c2)CC1=O. The first-order valence-electron chi connectivity index (χ1n) is 5.97. The van der Waals surface area contributed by atoms with Gasteiger partial charge in [0, 0.05) is 36.1 Å². The molecule has 0 unspecified atom stereocenters. The van der Waals surface area contributed by atoms with Gasteiger partial charge in [0.1, 0.15) is 0 Å². The van der Waals surface area contributed by atoms with E-state index in [1.165, 1.54) is 0 Å². The maximum absolute atomic E-state index is 12.1. The van der Waals surface area contributed by atoms with Crippen molar-refractivity contribution >= 4 is 45.0 Å². The van der Waals surface area contributed by atoms with Crippen molar-refractivity contribution in [3.05, 3.63) is 27.7 Å². The molecular weight excluding hydrogens is 332 g/mol. The third kappa shape index (κ3) is 3.48. The summed E-state index contributed by atoms with van der Waals surface area (Å²) in [7, 11) is 1.76. The van der Waals surface area contributed by atoms with Crippen LogP contribution >= 0.6 is 27.5 Å². The summed E-state index contributed by atoms with van der Waals surface area (Å²) in [5.41, 5.74) is 0.674. The Kier molecular flexibility index (Phi) is 4.47. The molecule has 1 aromatic rings. The van der Waals surface area contributed by atoms with Gasteiger partial charge in [-0.25, -0.2) is 0 Å². The molecular formula is C13H14BrClN2O2. The molecule has 0 bridgehead atoms. The highest BCUT2D eigenvalue weighted by molar-refractivity contribution is 9.10. The number of carbonyl (C=O) groups is 2. The molecule has 4 nitrogen and oxygen atoms in total. The van der Waals surface area contributed by atoms with Crippen LogP contribution in [-0.2, 0) is 9.59 Å². The predicted molar refractivity (Wildman–Crippen MR) is 78.1 cm³/mol. The Morgan fingerprint density at radius 3 is 2.89 bits per heavy atom. The standard InChI is InChI=1S/C13H14BrClN2O2/c1-17-5-4-8(6-12(17)18)13(19)16-9-2-3-11(15)10(14)7-9/h2-3,7-8H,4-6H2,1H3,(H,16,19)/t8-/m0/s1. The minimum Gasteiger partial charge on any atom is -0.346 e. The molecule has 0 radical (unpaired) electrons. The van der Waals surface area contributed by atoms with Gasteiger partial charge in [0.25, 0.3) is 0 Å². The van der Waals surface area contributed by atoms with Crippen LogP contribution in [0.1, 0.15) is 12.8 Å². The Bertz CT molecular complexity index is 521. The van der Waals surface area contributed by atoms with E-state index in [2.05, 4.69) is 21.2 Å². The van der Waals surface area contributed by atoms with E-state index in [9.17, 15) is 9.59 Å². The van der Waals surface area contributed by atoms with Gasteiger partial charge in [-0.3, -0.25) is 9.59 Å². The average molecular weight is 346 g/mol.